The predicted molar refractivity (Wildman–Crippen MR) is 89.2 cm³/mol. The van der Waals surface area contributed by atoms with E-state index in [9.17, 15) is 22.6 Å². The Balaban J connectivity index is 2.31. The molecule has 0 radical (unpaired) electrons. The zero-order valence-corrected chi connectivity index (χ0v) is 14.6. The molecule has 1 heterocycles. The lowest BCUT2D eigenvalue weighted by Crippen LogP contribution is -2.34. The molecule has 0 aliphatic carbocycles. The summed E-state index contributed by atoms with van der Waals surface area (Å²) < 4.78 is 32.7. The second-order valence-corrected chi connectivity index (χ2v) is 7.13. The maximum absolute atomic E-state index is 12.1. The summed E-state index contributed by atoms with van der Waals surface area (Å²) in [5.41, 5.74) is 0.580. The normalized spacial score (nSPS) is 15.1. The van der Waals surface area contributed by atoms with E-state index in [4.69, 9.17) is 5.11 Å². The van der Waals surface area contributed by atoms with Gasteiger partial charge in [0, 0.05) is 18.3 Å². The first-order valence-corrected chi connectivity index (χ1v) is 8.78. The summed E-state index contributed by atoms with van der Waals surface area (Å²) in [5, 5.41) is 11.6. The molecule has 0 fully saturated rings. The minimum Gasteiger partial charge on any atom is -0.395 e. The Morgan fingerprint density at radius 1 is 1.24 bits per heavy atom. The summed E-state index contributed by atoms with van der Waals surface area (Å²) in [5.74, 6) is -1.19. The van der Waals surface area contributed by atoms with Crippen LogP contribution in [-0.4, -0.2) is 66.9 Å². The van der Waals surface area contributed by atoms with Crippen LogP contribution in [0, 0.1) is 0 Å². The molecule has 2 amide bonds. The van der Waals surface area contributed by atoms with Crippen molar-refractivity contribution in [3.05, 3.63) is 35.5 Å². The van der Waals surface area contributed by atoms with Crippen molar-refractivity contribution in [3.8, 4) is 0 Å². The number of β-amino-alcohol motifs (C(OH)–C–C–N with tert-alkyl or cyclic N) is 1. The smallest absolute Gasteiger partial charge is 0.294 e. The van der Waals surface area contributed by atoms with E-state index in [0.717, 1.165) is 11.0 Å². The number of carbonyl (C=O) groups is 2. The number of aliphatic hydroxyl groups is 1. The quantitative estimate of drug-likeness (QED) is 0.440. The van der Waals surface area contributed by atoms with Crippen LogP contribution in [-0.2, 0) is 26.3 Å². The molecular formula is C15H19N3O6S. The molecule has 1 aliphatic heterocycles. The summed E-state index contributed by atoms with van der Waals surface area (Å²) in [4.78, 5) is 26.1. The lowest BCUT2D eigenvalue weighted by molar-refractivity contribution is -0.137. The van der Waals surface area contributed by atoms with Gasteiger partial charge in [-0.3, -0.25) is 19.0 Å². The Hall–Kier alpha value is -2.27. The standard InChI is InChI=1S/C15H19N3O6S/c1-17(2)9-10-3-4-11(7-13(10)25(22,23)24)16-12-8-14(20)18(5-6-19)15(12)21/h3-4,7-8,16,19H,5-6,9H2,1-2H3,(H,22,23,24). The molecule has 0 aromatic heterocycles. The zero-order valence-electron chi connectivity index (χ0n) is 13.8. The fourth-order valence-corrected chi connectivity index (χ4v) is 3.15. The van der Waals surface area contributed by atoms with Crippen molar-refractivity contribution in [2.75, 3.05) is 32.6 Å². The third-order valence-corrected chi connectivity index (χ3v) is 4.38. The van der Waals surface area contributed by atoms with Gasteiger partial charge in [-0.2, -0.15) is 8.42 Å². The highest BCUT2D eigenvalue weighted by Gasteiger charge is 2.30. The lowest BCUT2D eigenvalue weighted by atomic mass is 10.2. The van der Waals surface area contributed by atoms with Crippen molar-refractivity contribution in [2.24, 2.45) is 0 Å². The number of aliphatic hydroxyl groups excluding tert-OH is 1. The van der Waals surface area contributed by atoms with Gasteiger partial charge >= 0.3 is 0 Å². The fourth-order valence-electron chi connectivity index (χ4n) is 2.41. The number of hydrogen-bond acceptors (Lipinski definition) is 7. The molecule has 9 nitrogen and oxygen atoms in total. The van der Waals surface area contributed by atoms with Gasteiger partial charge in [0.15, 0.2) is 0 Å². The van der Waals surface area contributed by atoms with Gasteiger partial charge in [-0.15, -0.1) is 0 Å². The Morgan fingerprint density at radius 2 is 1.92 bits per heavy atom. The van der Waals surface area contributed by atoms with Gasteiger partial charge in [0.25, 0.3) is 21.9 Å². The molecule has 0 atom stereocenters. The molecule has 25 heavy (non-hydrogen) atoms. The van der Waals surface area contributed by atoms with Crippen molar-refractivity contribution in [1.82, 2.24) is 9.80 Å². The van der Waals surface area contributed by atoms with E-state index < -0.39 is 21.9 Å². The number of nitrogens with one attached hydrogen (secondary N) is 1. The topological polar surface area (TPSA) is 127 Å². The van der Waals surface area contributed by atoms with Gasteiger partial charge in [-0.1, -0.05) is 6.07 Å². The highest BCUT2D eigenvalue weighted by atomic mass is 32.2. The summed E-state index contributed by atoms with van der Waals surface area (Å²) in [6.45, 7) is -0.193. The Kier molecular flexibility index (Phi) is 5.58. The predicted octanol–water partition coefficient (Wildman–Crippen LogP) is -0.348. The third-order valence-electron chi connectivity index (χ3n) is 3.44. The Morgan fingerprint density at radius 3 is 2.48 bits per heavy atom. The second-order valence-electron chi connectivity index (χ2n) is 5.74. The molecule has 1 aromatic carbocycles. The molecule has 1 aliphatic rings. The fraction of sp³-hybridized carbons (Fsp3) is 0.333. The van der Waals surface area contributed by atoms with Gasteiger partial charge in [0.1, 0.15) is 10.6 Å². The average Bonchev–Trinajstić information content (AvgIpc) is 2.75. The van der Waals surface area contributed by atoms with Crippen LogP contribution in [0.15, 0.2) is 34.9 Å². The highest BCUT2D eigenvalue weighted by molar-refractivity contribution is 7.85. The maximum atomic E-state index is 12.1. The van der Waals surface area contributed by atoms with Crippen molar-refractivity contribution < 1.29 is 27.7 Å². The molecular weight excluding hydrogens is 350 g/mol. The first-order valence-electron chi connectivity index (χ1n) is 7.34. The minimum atomic E-state index is -4.46. The third kappa shape index (κ3) is 4.42. The molecule has 0 saturated carbocycles. The number of carbonyl (C=O) groups excluding carboxylic acids is 2. The molecule has 1 aromatic rings. The van der Waals surface area contributed by atoms with E-state index >= 15 is 0 Å². The van der Waals surface area contributed by atoms with Crippen LogP contribution in [0.1, 0.15) is 5.56 Å². The van der Waals surface area contributed by atoms with E-state index in [-0.39, 0.29) is 29.4 Å². The van der Waals surface area contributed by atoms with E-state index in [0.29, 0.717) is 12.1 Å². The number of anilines is 1. The van der Waals surface area contributed by atoms with Gasteiger partial charge < -0.3 is 15.3 Å². The largest absolute Gasteiger partial charge is 0.395 e. The second kappa shape index (κ2) is 7.31. The first-order chi connectivity index (χ1) is 11.6. The average molecular weight is 369 g/mol. The van der Waals surface area contributed by atoms with Crippen LogP contribution in [0.3, 0.4) is 0 Å². The summed E-state index contributed by atoms with van der Waals surface area (Å²) in [7, 11) is -0.954. The molecule has 3 N–H and O–H groups in total. The van der Waals surface area contributed by atoms with Crippen LogP contribution in [0.2, 0.25) is 0 Å². The van der Waals surface area contributed by atoms with Crippen LogP contribution in [0.4, 0.5) is 5.69 Å². The van der Waals surface area contributed by atoms with Crippen molar-refractivity contribution in [2.45, 2.75) is 11.4 Å². The maximum Gasteiger partial charge on any atom is 0.294 e. The van der Waals surface area contributed by atoms with Crippen LogP contribution < -0.4 is 5.32 Å². The van der Waals surface area contributed by atoms with E-state index in [1.54, 1.807) is 25.1 Å². The number of amides is 2. The summed E-state index contributed by atoms with van der Waals surface area (Å²) in [6, 6.07) is 4.25. The Bertz CT molecular complexity index is 832. The van der Waals surface area contributed by atoms with Gasteiger partial charge in [0.05, 0.1) is 13.2 Å². The van der Waals surface area contributed by atoms with E-state index in [1.165, 1.54) is 12.1 Å². The molecule has 0 bridgehead atoms. The molecule has 0 saturated heterocycles. The van der Waals surface area contributed by atoms with Gasteiger partial charge in [-0.25, -0.2) is 0 Å². The molecule has 10 heteroatoms. The van der Waals surface area contributed by atoms with Gasteiger partial charge in [-0.05, 0) is 31.8 Å². The van der Waals surface area contributed by atoms with Gasteiger partial charge in [0.2, 0.25) is 0 Å². The zero-order chi connectivity index (χ0) is 18.8. The van der Waals surface area contributed by atoms with E-state index in [1.807, 2.05) is 0 Å². The number of nitrogens with zero attached hydrogens (tertiary/aromatic N) is 2. The van der Waals surface area contributed by atoms with Crippen LogP contribution in [0.5, 0.6) is 0 Å². The van der Waals surface area contributed by atoms with Crippen LogP contribution >= 0.6 is 0 Å². The van der Waals surface area contributed by atoms with Crippen molar-refractivity contribution >= 4 is 27.6 Å². The SMILES string of the molecule is CN(C)Cc1ccc(NC2=CC(=O)N(CCO)C2=O)cc1S(=O)(=O)O. The summed E-state index contributed by atoms with van der Waals surface area (Å²) in [6.07, 6.45) is 1.07. The lowest BCUT2D eigenvalue weighted by Gasteiger charge is -2.16. The number of imide groups is 1. The minimum absolute atomic E-state index is 0.0416. The molecule has 0 unspecified atom stereocenters. The molecule has 136 valence electrons. The van der Waals surface area contributed by atoms with Crippen LogP contribution in [0.25, 0.3) is 0 Å². The highest BCUT2D eigenvalue weighted by Crippen LogP contribution is 2.24. The monoisotopic (exact) mass is 369 g/mol. The Labute approximate surface area is 145 Å². The molecule has 0 spiro atoms. The van der Waals surface area contributed by atoms with Crippen molar-refractivity contribution in [1.29, 1.82) is 0 Å². The number of rotatable bonds is 7. The first kappa shape index (κ1) is 19.1. The number of benzene rings is 1. The molecule has 2 rings (SSSR count). The van der Waals surface area contributed by atoms with E-state index in [2.05, 4.69) is 5.32 Å². The number of hydrogen-bond donors (Lipinski definition) is 3. The summed E-state index contributed by atoms with van der Waals surface area (Å²) >= 11 is 0. The van der Waals surface area contributed by atoms with Crippen molar-refractivity contribution in [3.63, 3.8) is 0 Å².